The summed E-state index contributed by atoms with van der Waals surface area (Å²) in [5, 5.41) is 8.78. The average molecular weight is 245 g/mol. The lowest BCUT2D eigenvalue weighted by Crippen LogP contribution is -2.28. The summed E-state index contributed by atoms with van der Waals surface area (Å²) in [6.45, 7) is 0.596. The molecular formula is C13H15N3O2. The predicted octanol–water partition coefficient (Wildman–Crippen LogP) is 1.08. The molecule has 1 N–H and O–H groups in total. The number of rotatable bonds is 4. The molecule has 94 valence electrons. The molecule has 0 spiro atoms. The van der Waals surface area contributed by atoms with E-state index in [1.54, 1.807) is 36.5 Å². The molecule has 0 saturated carbocycles. The number of nitrogens with zero attached hydrogens (tertiary/aromatic N) is 3. The van der Waals surface area contributed by atoms with Crippen LogP contribution in [0.2, 0.25) is 0 Å². The summed E-state index contributed by atoms with van der Waals surface area (Å²) < 4.78 is 0. The molecule has 0 bridgehead atoms. The Labute approximate surface area is 105 Å². The molecule has 0 aliphatic carbocycles. The van der Waals surface area contributed by atoms with Crippen molar-refractivity contribution in [3.63, 3.8) is 0 Å². The zero-order chi connectivity index (χ0) is 13.0. The van der Waals surface area contributed by atoms with Crippen LogP contribution in [0.1, 0.15) is 16.8 Å². The highest BCUT2D eigenvalue weighted by Gasteiger charge is 2.15. The molecule has 1 heterocycles. The number of aromatic nitrogens is 2. The van der Waals surface area contributed by atoms with Gasteiger partial charge in [0.15, 0.2) is 0 Å². The van der Waals surface area contributed by atoms with E-state index in [4.69, 9.17) is 5.11 Å². The fourth-order valence-electron chi connectivity index (χ4n) is 1.78. The first-order valence-electron chi connectivity index (χ1n) is 5.80. The van der Waals surface area contributed by atoms with Gasteiger partial charge in [0.25, 0.3) is 5.91 Å². The van der Waals surface area contributed by atoms with Gasteiger partial charge in [-0.25, -0.2) is 0 Å². The molecule has 0 aliphatic rings. The van der Waals surface area contributed by atoms with Crippen molar-refractivity contribution >= 4 is 16.9 Å². The molecule has 0 aliphatic heterocycles. The molecule has 5 heteroatoms. The van der Waals surface area contributed by atoms with Gasteiger partial charge in [0.2, 0.25) is 0 Å². The summed E-state index contributed by atoms with van der Waals surface area (Å²) in [6, 6.07) is 5.37. The minimum absolute atomic E-state index is 0.0764. The van der Waals surface area contributed by atoms with Gasteiger partial charge in [-0.15, -0.1) is 0 Å². The number of fused-ring (bicyclic) bond motifs is 1. The van der Waals surface area contributed by atoms with E-state index in [0.717, 1.165) is 0 Å². The standard InChI is InChI=1S/C13H15N3O2/c1-16(8-3-9-17)13(18)10-4-2-5-11-12(10)15-7-6-14-11/h2,4-7,17H,3,8-9H2,1H3. The lowest BCUT2D eigenvalue weighted by atomic mass is 10.1. The minimum atomic E-state index is -0.102. The Morgan fingerprint density at radius 2 is 2.11 bits per heavy atom. The zero-order valence-electron chi connectivity index (χ0n) is 10.2. The van der Waals surface area contributed by atoms with Crippen LogP contribution in [0.15, 0.2) is 30.6 Å². The average Bonchev–Trinajstić information content (AvgIpc) is 2.43. The van der Waals surface area contributed by atoms with Gasteiger partial charge in [0.05, 0.1) is 11.1 Å². The van der Waals surface area contributed by atoms with Crippen LogP contribution < -0.4 is 0 Å². The van der Waals surface area contributed by atoms with E-state index in [1.807, 2.05) is 6.07 Å². The molecular weight excluding hydrogens is 230 g/mol. The van der Waals surface area contributed by atoms with E-state index in [0.29, 0.717) is 29.6 Å². The monoisotopic (exact) mass is 245 g/mol. The van der Waals surface area contributed by atoms with Crippen LogP contribution in [0.5, 0.6) is 0 Å². The smallest absolute Gasteiger partial charge is 0.255 e. The van der Waals surface area contributed by atoms with Crippen LogP contribution in [0, 0.1) is 0 Å². The summed E-state index contributed by atoms with van der Waals surface area (Å²) in [6.07, 6.45) is 3.75. The lowest BCUT2D eigenvalue weighted by Gasteiger charge is -2.17. The first kappa shape index (κ1) is 12.4. The zero-order valence-corrected chi connectivity index (χ0v) is 10.2. The molecule has 0 saturated heterocycles. The van der Waals surface area contributed by atoms with Gasteiger partial charge in [-0.1, -0.05) is 6.07 Å². The number of aliphatic hydroxyl groups excluding tert-OH is 1. The Kier molecular flexibility index (Phi) is 3.84. The number of carbonyl (C=O) groups is 1. The van der Waals surface area contributed by atoms with Crippen molar-refractivity contribution in [1.82, 2.24) is 14.9 Å². The lowest BCUT2D eigenvalue weighted by molar-refractivity contribution is 0.0788. The number of hydrogen-bond donors (Lipinski definition) is 1. The third-order valence-electron chi connectivity index (χ3n) is 2.73. The summed E-state index contributed by atoms with van der Waals surface area (Å²) in [7, 11) is 1.72. The van der Waals surface area contributed by atoms with Gasteiger partial charge < -0.3 is 10.0 Å². The molecule has 1 aromatic heterocycles. The van der Waals surface area contributed by atoms with Crippen molar-refractivity contribution in [2.45, 2.75) is 6.42 Å². The van der Waals surface area contributed by atoms with Crippen molar-refractivity contribution in [3.8, 4) is 0 Å². The second-order valence-corrected chi connectivity index (χ2v) is 4.03. The Balaban J connectivity index is 2.33. The SMILES string of the molecule is CN(CCCO)C(=O)c1cccc2nccnc12. The van der Waals surface area contributed by atoms with Crippen molar-refractivity contribution < 1.29 is 9.90 Å². The Morgan fingerprint density at radius 3 is 2.89 bits per heavy atom. The highest BCUT2D eigenvalue weighted by atomic mass is 16.3. The largest absolute Gasteiger partial charge is 0.396 e. The molecule has 18 heavy (non-hydrogen) atoms. The van der Waals surface area contributed by atoms with Gasteiger partial charge in [-0.05, 0) is 18.6 Å². The highest BCUT2D eigenvalue weighted by Crippen LogP contribution is 2.15. The molecule has 1 amide bonds. The molecule has 5 nitrogen and oxygen atoms in total. The van der Waals surface area contributed by atoms with Crippen LogP contribution in [0.3, 0.4) is 0 Å². The van der Waals surface area contributed by atoms with Crippen LogP contribution in [0.4, 0.5) is 0 Å². The molecule has 0 radical (unpaired) electrons. The number of aliphatic hydroxyl groups is 1. The summed E-state index contributed by atoms with van der Waals surface area (Å²) in [4.78, 5) is 22.2. The molecule has 0 atom stereocenters. The van der Waals surface area contributed by atoms with Crippen LogP contribution in [-0.4, -0.2) is 46.1 Å². The summed E-state index contributed by atoms with van der Waals surface area (Å²) in [5.41, 5.74) is 1.86. The second-order valence-electron chi connectivity index (χ2n) is 4.03. The molecule has 2 aromatic rings. The third kappa shape index (κ3) is 2.46. The normalized spacial score (nSPS) is 10.6. The summed E-state index contributed by atoms with van der Waals surface area (Å²) in [5.74, 6) is -0.102. The number of amides is 1. The molecule has 0 fully saturated rings. The molecule has 2 rings (SSSR count). The Bertz CT molecular complexity index is 551. The van der Waals surface area contributed by atoms with Crippen LogP contribution in [0.25, 0.3) is 11.0 Å². The van der Waals surface area contributed by atoms with Crippen LogP contribution >= 0.6 is 0 Å². The van der Waals surface area contributed by atoms with Crippen molar-refractivity contribution in [1.29, 1.82) is 0 Å². The van der Waals surface area contributed by atoms with Gasteiger partial charge in [-0.3, -0.25) is 14.8 Å². The predicted molar refractivity (Wildman–Crippen MR) is 68.2 cm³/mol. The van der Waals surface area contributed by atoms with Gasteiger partial charge in [0, 0.05) is 32.6 Å². The highest BCUT2D eigenvalue weighted by molar-refractivity contribution is 6.04. The minimum Gasteiger partial charge on any atom is -0.396 e. The van der Waals surface area contributed by atoms with Crippen LogP contribution in [-0.2, 0) is 0 Å². The second kappa shape index (κ2) is 5.55. The van der Waals surface area contributed by atoms with E-state index in [2.05, 4.69) is 9.97 Å². The van der Waals surface area contributed by atoms with Gasteiger partial charge >= 0.3 is 0 Å². The summed E-state index contributed by atoms with van der Waals surface area (Å²) >= 11 is 0. The first-order valence-corrected chi connectivity index (χ1v) is 5.80. The van der Waals surface area contributed by atoms with Gasteiger partial charge in [0.1, 0.15) is 5.52 Å². The molecule has 1 aromatic carbocycles. The maximum absolute atomic E-state index is 12.2. The Morgan fingerprint density at radius 1 is 1.33 bits per heavy atom. The quantitative estimate of drug-likeness (QED) is 0.875. The van der Waals surface area contributed by atoms with E-state index in [-0.39, 0.29) is 12.5 Å². The fourth-order valence-corrected chi connectivity index (χ4v) is 1.78. The fraction of sp³-hybridized carbons (Fsp3) is 0.308. The number of carbonyl (C=O) groups excluding carboxylic acids is 1. The maximum atomic E-state index is 12.2. The number of benzene rings is 1. The number of para-hydroxylation sites is 1. The third-order valence-corrected chi connectivity index (χ3v) is 2.73. The van der Waals surface area contributed by atoms with Crippen molar-refractivity contribution in [2.24, 2.45) is 0 Å². The molecule has 0 unspecified atom stereocenters. The van der Waals surface area contributed by atoms with Crippen molar-refractivity contribution in [2.75, 3.05) is 20.2 Å². The van der Waals surface area contributed by atoms with Gasteiger partial charge in [-0.2, -0.15) is 0 Å². The van der Waals surface area contributed by atoms with E-state index < -0.39 is 0 Å². The van der Waals surface area contributed by atoms with E-state index >= 15 is 0 Å². The van der Waals surface area contributed by atoms with E-state index in [9.17, 15) is 4.79 Å². The Hall–Kier alpha value is -2.01. The first-order chi connectivity index (χ1) is 8.74. The number of hydrogen-bond acceptors (Lipinski definition) is 4. The van der Waals surface area contributed by atoms with E-state index in [1.165, 1.54) is 0 Å². The maximum Gasteiger partial charge on any atom is 0.255 e. The topological polar surface area (TPSA) is 66.3 Å². The van der Waals surface area contributed by atoms with Crippen molar-refractivity contribution in [3.05, 3.63) is 36.2 Å².